The predicted molar refractivity (Wildman–Crippen MR) is 96.2 cm³/mol. The number of alkyl halides is 1. The smallest absolute Gasteiger partial charge is 0.0658 e. The Labute approximate surface area is 147 Å². The Morgan fingerprint density at radius 2 is 1.47 bits per heavy atom. The van der Waals surface area contributed by atoms with E-state index in [2.05, 4.69) is 102 Å². The second-order valence-corrected chi connectivity index (χ2v) is 8.03. The first kappa shape index (κ1) is 15.7. The average molecular weight is 512 g/mol. The van der Waals surface area contributed by atoms with E-state index in [1.807, 2.05) is 6.07 Å². The summed E-state index contributed by atoms with van der Waals surface area (Å²) in [6, 6.07) is 10.6. The molecule has 0 heterocycles. The minimum atomic E-state index is 0.172. The van der Waals surface area contributed by atoms with Gasteiger partial charge in [0.1, 0.15) is 0 Å². The molecule has 1 unspecified atom stereocenters. The zero-order valence-corrected chi connectivity index (χ0v) is 16.8. The van der Waals surface area contributed by atoms with Gasteiger partial charge in [0.25, 0.3) is 0 Å². The molecule has 0 aliphatic carbocycles. The quantitative estimate of drug-likeness (QED) is 0.378. The summed E-state index contributed by atoms with van der Waals surface area (Å²) in [7, 11) is 0. The van der Waals surface area contributed by atoms with Crippen molar-refractivity contribution in [1.82, 2.24) is 0 Å². The van der Waals surface area contributed by atoms with Gasteiger partial charge in [-0.2, -0.15) is 0 Å². The maximum absolute atomic E-state index is 3.82. The van der Waals surface area contributed by atoms with E-state index < -0.39 is 0 Å². The number of benzene rings is 2. The molecule has 0 bridgehead atoms. The molecule has 0 fully saturated rings. The molecule has 0 saturated carbocycles. The summed E-state index contributed by atoms with van der Waals surface area (Å²) in [4.78, 5) is 0.172. The van der Waals surface area contributed by atoms with Crippen molar-refractivity contribution in [1.29, 1.82) is 0 Å². The van der Waals surface area contributed by atoms with Crippen LogP contribution in [0.5, 0.6) is 0 Å². The molecular weight excluding hydrogens is 500 g/mol. The van der Waals surface area contributed by atoms with Crippen LogP contribution in [0.15, 0.2) is 43.7 Å². The predicted octanol–water partition coefficient (Wildman–Crippen LogP) is 7.08. The summed E-state index contributed by atoms with van der Waals surface area (Å²) in [5, 5.41) is 0. The lowest BCUT2D eigenvalue weighted by Gasteiger charge is -2.17. The molecule has 0 aliphatic heterocycles. The SMILES string of the molecule is Cc1cc(C(Br)c2cc(Br)ccc2Br)c(C)cc1Br. The first-order chi connectivity index (χ1) is 8.90. The van der Waals surface area contributed by atoms with E-state index in [-0.39, 0.29) is 4.83 Å². The summed E-state index contributed by atoms with van der Waals surface area (Å²) in [6.45, 7) is 4.25. The van der Waals surface area contributed by atoms with Crippen molar-refractivity contribution in [2.24, 2.45) is 0 Å². The molecule has 100 valence electrons. The molecule has 0 nitrogen and oxygen atoms in total. The van der Waals surface area contributed by atoms with Gasteiger partial charge >= 0.3 is 0 Å². The van der Waals surface area contributed by atoms with E-state index in [1.165, 1.54) is 22.3 Å². The number of hydrogen-bond donors (Lipinski definition) is 0. The summed E-state index contributed by atoms with van der Waals surface area (Å²) < 4.78 is 3.35. The third-order valence-electron chi connectivity index (χ3n) is 3.05. The van der Waals surface area contributed by atoms with Gasteiger partial charge in [-0.1, -0.05) is 69.8 Å². The van der Waals surface area contributed by atoms with Crippen LogP contribution in [0.4, 0.5) is 0 Å². The number of halogens is 4. The molecule has 0 radical (unpaired) electrons. The van der Waals surface area contributed by atoms with Gasteiger partial charge in [-0.15, -0.1) is 0 Å². The highest BCUT2D eigenvalue weighted by molar-refractivity contribution is 9.11. The highest BCUT2D eigenvalue weighted by Gasteiger charge is 2.17. The van der Waals surface area contributed by atoms with Crippen LogP contribution in [-0.2, 0) is 0 Å². The zero-order chi connectivity index (χ0) is 14.2. The van der Waals surface area contributed by atoms with Gasteiger partial charge in [0.15, 0.2) is 0 Å². The van der Waals surface area contributed by atoms with Crippen LogP contribution in [0, 0.1) is 13.8 Å². The van der Waals surface area contributed by atoms with Crippen molar-refractivity contribution in [3.8, 4) is 0 Å². The molecule has 0 amide bonds. The Morgan fingerprint density at radius 3 is 2.16 bits per heavy atom. The summed E-state index contributed by atoms with van der Waals surface area (Å²) >= 11 is 14.6. The van der Waals surface area contributed by atoms with Crippen LogP contribution in [0.1, 0.15) is 27.1 Å². The summed E-state index contributed by atoms with van der Waals surface area (Å²) in [5.74, 6) is 0. The van der Waals surface area contributed by atoms with E-state index in [1.54, 1.807) is 0 Å². The molecule has 2 aromatic carbocycles. The molecule has 0 N–H and O–H groups in total. The van der Waals surface area contributed by atoms with Crippen molar-refractivity contribution in [3.63, 3.8) is 0 Å². The largest absolute Gasteiger partial charge is 0.0786 e. The molecule has 1 atom stereocenters. The van der Waals surface area contributed by atoms with Gasteiger partial charge in [0.05, 0.1) is 4.83 Å². The van der Waals surface area contributed by atoms with E-state index >= 15 is 0 Å². The van der Waals surface area contributed by atoms with Gasteiger partial charge in [0, 0.05) is 13.4 Å². The second kappa shape index (κ2) is 6.42. The number of aryl methyl sites for hydroxylation is 2. The number of rotatable bonds is 2. The van der Waals surface area contributed by atoms with E-state index in [4.69, 9.17) is 0 Å². The van der Waals surface area contributed by atoms with Gasteiger partial charge < -0.3 is 0 Å². The van der Waals surface area contributed by atoms with E-state index in [0.717, 1.165) is 13.4 Å². The van der Waals surface area contributed by atoms with Crippen LogP contribution in [0.25, 0.3) is 0 Å². The van der Waals surface area contributed by atoms with E-state index in [0.29, 0.717) is 0 Å². The minimum absolute atomic E-state index is 0.172. The highest BCUT2D eigenvalue weighted by Crippen LogP contribution is 2.39. The fourth-order valence-corrected chi connectivity index (χ4v) is 4.44. The van der Waals surface area contributed by atoms with Crippen LogP contribution < -0.4 is 0 Å². The molecule has 2 aromatic rings. The minimum Gasteiger partial charge on any atom is -0.0786 e. The first-order valence-electron chi connectivity index (χ1n) is 5.76. The van der Waals surface area contributed by atoms with E-state index in [9.17, 15) is 0 Å². The first-order valence-corrected chi connectivity index (χ1v) is 9.05. The zero-order valence-electron chi connectivity index (χ0n) is 10.5. The lowest BCUT2D eigenvalue weighted by Crippen LogP contribution is -1.98. The van der Waals surface area contributed by atoms with Crippen molar-refractivity contribution in [2.75, 3.05) is 0 Å². The van der Waals surface area contributed by atoms with Crippen LogP contribution in [-0.4, -0.2) is 0 Å². The monoisotopic (exact) mass is 508 g/mol. The number of hydrogen-bond acceptors (Lipinski definition) is 0. The fraction of sp³-hybridized carbons (Fsp3) is 0.200. The van der Waals surface area contributed by atoms with Crippen molar-refractivity contribution >= 4 is 63.7 Å². The molecule has 0 spiro atoms. The van der Waals surface area contributed by atoms with Crippen LogP contribution in [0.2, 0.25) is 0 Å². The Balaban J connectivity index is 2.52. The highest BCUT2D eigenvalue weighted by atomic mass is 79.9. The molecule has 0 saturated heterocycles. The van der Waals surface area contributed by atoms with Gasteiger partial charge in [-0.05, 0) is 60.4 Å². The van der Waals surface area contributed by atoms with Gasteiger partial charge in [-0.3, -0.25) is 0 Å². The Kier molecular flexibility index (Phi) is 5.32. The van der Waals surface area contributed by atoms with Crippen LogP contribution in [0.3, 0.4) is 0 Å². The van der Waals surface area contributed by atoms with Gasteiger partial charge in [0.2, 0.25) is 0 Å². The van der Waals surface area contributed by atoms with Crippen molar-refractivity contribution in [3.05, 3.63) is 66.0 Å². The third kappa shape index (κ3) is 3.52. The van der Waals surface area contributed by atoms with Gasteiger partial charge in [-0.25, -0.2) is 0 Å². The molecular formula is C15H12Br4. The summed E-state index contributed by atoms with van der Waals surface area (Å²) in [6.07, 6.45) is 0. The topological polar surface area (TPSA) is 0 Å². The standard InChI is InChI=1S/C15H12Br4/c1-8-6-14(18)9(2)5-11(8)15(19)12-7-10(16)3-4-13(12)17/h3-7,15H,1-2H3. The van der Waals surface area contributed by atoms with Crippen molar-refractivity contribution in [2.45, 2.75) is 18.7 Å². The lowest BCUT2D eigenvalue weighted by molar-refractivity contribution is 1.12. The molecule has 4 heteroatoms. The second-order valence-electron chi connectivity index (χ2n) is 4.49. The molecule has 0 aliphatic rings. The van der Waals surface area contributed by atoms with Crippen LogP contribution >= 0.6 is 63.7 Å². The lowest BCUT2D eigenvalue weighted by atomic mass is 9.98. The maximum atomic E-state index is 3.82. The van der Waals surface area contributed by atoms with Crippen molar-refractivity contribution < 1.29 is 0 Å². The summed E-state index contributed by atoms with van der Waals surface area (Å²) in [5.41, 5.74) is 5.03. The fourth-order valence-electron chi connectivity index (χ4n) is 1.95. The third-order valence-corrected chi connectivity index (χ3v) is 6.11. The Hall–Kier alpha value is 0.360. The Morgan fingerprint density at radius 1 is 0.789 bits per heavy atom. The molecule has 0 aromatic heterocycles. The normalized spacial score (nSPS) is 12.5. The average Bonchev–Trinajstić information content (AvgIpc) is 2.36. The Bertz CT molecular complexity index is 620. The molecule has 19 heavy (non-hydrogen) atoms. The molecule has 2 rings (SSSR count). The maximum Gasteiger partial charge on any atom is 0.0658 e.